The van der Waals surface area contributed by atoms with E-state index in [9.17, 15) is 9.59 Å². The minimum atomic E-state index is -0.114. The molecular formula is C22H33ClN4O2. The fourth-order valence-electron chi connectivity index (χ4n) is 4.49. The van der Waals surface area contributed by atoms with Crippen LogP contribution in [-0.2, 0) is 9.59 Å². The van der Waals surface area contributed by atoms with E-state index in [1.807, 2.05) is 19.1 Å². The van der Waals surface area contributed by atoms with Gasteiger partial charge in [-0.15, -0.1) is 0 Å². The van der Waals surface area contributed by atoms with Gasteiger partial charge in [0.05, 0.1) is 23.3 Å². The normalized spacial score (nSPS) is 24.9. The molecule has 0 bridgehead atoms. The number of amides is 2. The molecule has 0 unspecified atom stereocenters. The molecule has 29 heavy (non-hydrogen) atoms. The number of nitrogens with zero attached hydrogens (tertiary/aromatic N) is 3. The number of para-hydroxylation sites is 1. The lowest BCUT2D eigenvalue weighted by Gasteiger charge is -2.44. The van der Waals surface area contributed by atoms with E-state index in [4.69, 9.17) is 11.6 Å². The number of hydrogen-bond donors (Lipinski definition) is 1. The highest BCUT2D eigenvalue weighted by atomic mass is 35.5. The van der Waals surface area contributed by atoms with Gasteiger partial charge in [0.15, 0.2) is 0 Å². The van der Waals surface area contributed by atoms with Crippen molar-refractivity contribution in [3.8, 4) is 0 Å². The van der Waals surface area contributed by atoms with E-state index in [0.29, 0.717) is 29.3 Å². The van der Waals surface area contributed by atoms with E-state index in [0.717, 1.165) is 39.0 Å². The summed E-state index contributed by atoms with van der Waals surface area (Å²) in [6, 6.07) is 7.78. The summed E-state index contributed by atoms with van der Waals surface area (Å²) in [7, 11) is 0. The molecule has 2 saturated heterocycles. The van der Waals surface area contributed by atoms with Crippen LogP contribution in [0.2, 0.25) is 5.02 Å². The quantitative estimate of drug-likeness (QED) is 0.795. The second kappa shape index (κ2) is 9.92. The number of nitrogens with one attached hydrogen (secondary N) is 1. The van der Waals surface area contributed by atoms with Gasteiger partial charge < -0.3 is 10.2 Å². The van der Waals surface area contributed by atoms with Crippen molar-refractivity contribution >= 4 is 29.1 Å². The van der Waals surface area contributed by atoms with Gasteiger partial charge in [-0.25, -0.2) is 0 Å². The van der Waals surface area contributed by atoms with Gasteiger partial charge in [0.1, 0.15) is 0 Å². The van der Waals surface area contributed by atoms with Crippen molar-refractivity contribution in [2.75, 3.05) is 38.0 Å². The average molecular weight is 421 g/mol. The molecule has 6 nitrogen and oxygen atoms in total. The van der Waals surface area contributed by atoms with Gasteiger partial charge in [-0.2, -0.15) is 0 Å². The van der Waals surface area contributed by atoms with Crippen LogP contribution in [0.1, 0.15) is 40.0 Å². The number of carbonyl (C=O) groups is 2. The zero-order valence-electron chi connectivity index (χ0n) is 17.7. The molecule has 2 aliphatic rings. The first-order valence-corrected chi connectivity index (χ1v) is 11.1. The lowest BCUT2D eigenvalue weighted by molar-refractivity contribution is -0.143. The third-order valence-corrected chi connectivity index (χ3v) is 6.60. The molecule has 0 aliphatic carbocycles. The van der Waals surface area contributed by atoms with Crippen LogP contribution in [0.15, 0.2) is 24.3 Å². The molecule has 1 aromatic rings. The van der Waals surface area contributed by atoms with Gasteiger partial charge in [0.25, 0.3) is 0 Å². The molecule has 1 aromatic carbocycles. The molecule has 0 aromatic heterocycles. The molecule has 0 saturated carbocycles. The van der Waals surface area contributed by atoms with Crippen LogP contribution in [0.4, 0.5) is 5.69 Å². The smallest absolute Gasteiger partial charge is 0.240 e. The first kappa shape index (κ1) is 22.1. The number of benzene rings is 1. The molecule has 3 rings (SSSR count). The fraction of sp³-hybridized carbons (Fsp3) is 0.636. The molecule has 0 radical (unpaired) electrons. The van der Waals surface area contributed by atoms with Crippen molar-refractivity contribution < 1.29 is 9.59 Å². The van der Waals surface area contributed by atoms with E-state index in [2.05, 4.69) is 33.9 Å². The Kier molecular flexibility index (Phi) is 7.55. The molecule has 2 fully saturated rings. The summed E-state index contributed by atoms with van der Waals surface area (Å²) in [4.78, 5) is 31.9. The van der Waals surface area contributed by atoms with E-state index in [1.54, 1.807) is 12.1 Å². The van der Waals surface area contributed by atoms with E-state index < -0.39 is 0 Å². The van der Waals surface area contributed by atoms with Crippen molar-refractivity contribution in [1.82, 2.24) is 14.7 Å². The van der Waals surface area contributed by atoms with E-state index in [-0.39, 0.29) is 17.9 Å². The summed E-state index contributed by atoms with van der Waals surface area (Å²) in [6.07, 6.45) is 3.39. The predicted molar refractivity (Wildman–Crippen MR) is 117 cm³/mol. The molecule has 160 valence electrons. The number of halogens is 1. The SMILES string of the molecule is C[C@@H]1CCC[C@H](C)N1C(=O)[C@H](C)N1CCN(CC(=O)Nc2ccccc2Cl)CC1. The number of piperazine rings is 1. The number of hydrogen-bond acceptors (Lipinski definition) is 4. The van der Waals surface area contributed by atoms with Crippen LogP contribution in [0.5, 0.6) is 0 Å². The highest BCUT2D eigenvalue weighted by molar-refractivity contribution is 6.33. The zero-order valence-corrected chi connectivity index (χ0v) is 18.5. The van der Waals surface area contributed by atoms with E-state index >= 15 is 0 Å². The molecule has 2 amide bonds. The highest BCUT2D eigenvalue weighted by Crippen LogP contribution is 2.24. The Morgan fingerprint density at radius 2 is 1.72 bits per heavy atom. The monoisotopic (exact) mass is 420 g/mol. The summed E-state index contributed by atoms with van der Waals surface area (Å²) < 4.78 is 0. The molecular weight excluding hydrogens is 388 g/mol. The summed E-state index contributed by atoms with van der Waals surface area (Å²) in [5, 5.41) is 3.42. The van der Waals surface area contributed by atoms with Crippen molar-refractivity contribution in [1.29, 1.82) is 0 Å². The minimum absolute atomic E-state index is 0.0633. The first-order valence-electron chi connectivity index (χ1n) is 10.7. The van der Waals surface area contributed by atoms with E-state index in [1.165, 1.54) is 6.42 Å². The minimum Gasteiger partial charge on any atom is -0.336 e. The molecule has 3 atom stereocenters. The standard InChI is InChI=1S/C22H33ClN4O2/c1-16-7-6-8-17(2)27(16)22(29)18(3)26-13-11-25(12-14-26)15-21(28)24-20-10-5-4-9-19(20)23/h4-5,9-10,16-18H,6-8,11-15H2,1-3H3,(H,24,28)/t16-,17+,18-/m0/s1. The summed E-state index contributed by atoms with van der Waals surface area (Å²) in [6.45, 7) is 9.83. The number of anilines is 1. The largest absolute Gasteiger partial charge is 0.336 e. The molecule has 2 aliphatic heterocycles. The summed E-state index contributed by atoms with van der Waals surface area (Å²) >= 11 is 6.11. The Morgan fingerprint density at radius 3 is 2.34 bits per heavy atom. The molecule has 1 N–H and O–H groups in total. The Bertz CT molecular complexity index is 711. The lowest BCUT2D eigenvalue weighted by Crippen LogP contribution is -2.58. The van der Waals surface area contributed by atoms with Crippen LogP contribution in [0.25, 0.3) is 0 Å². The third-order valence-electron chi connectivity index (χ3n) is 6.28. The summed E-state index contributed by atoms with van der Waals surface area (Å²) in [5.74, 6) is 0.182. The number of carbonyl (C=O) groups excluding carboxylic acids is 2. The van der Waals surface area contributed by atoms with Gasteiger partial charge in [-0.05, 0) is 52.2 Å². The van der Waals surface area contributed by atoms with Crippen LogP contribution in [0, 0.1) is 0 Å². The van der Waals surface area contributed by atoms with Gasteiger partial charge in [-0.1, -0.05) is 23.7 Å². The Morgan fingerprint density at radius 1 is 1.10 bits per heavy atom. The van der Waals surface area contributed by atoms with Gasteiger partial charge in [0.2, 0.25) is 11.8 Å². The van der Waals surface area contributed by atoms with Crippen molar-refractivity contribution in [3.05, 3.63) is 29.3 Å². The molecule has 2 heterocycles. The van der Waals surface area contributed by atoms with Crippen LogP contribution in [-0.4, -0.2) is 77.4 Å². The zero-order chi connectivity index (χ0) is 21.0. The number of rotatable bonds is 5. The average Bonchev–Trinajstić information content (AvgIpc) is 2.69. The topological polar surface area (TPSA) is 55.9 Å². The fourth-order valence-corrected chi connectivity index (χ4v) is 4.67. The van der Waals surface area contributed by atoms with Crippen LogP contribution in [0.3, 0.4) is 0 Å². The van der Waals surface area contributed by atoms with Gasteiger partial charge >= 0.3 is 0 Å². The van der Waals surface area contributed by atoms with Crippen molar-refractivity contribution in [2.45, 2.75) is 58.2 Å². The number of piperidine rings is 1. The molecule has 0 spiro atoms. The predicted octanol–water partition coefficient (Wildman–Crippen LogP) is 3.07. The Labute approximate surface area is 179 Å². The Balaban J connectivity index is 1.47. The first-order chi connectivity index (χ1) is 13.9. The maximum Gasteiger partial charge on any atom is 0.240 e. The Hall–Kier alpha value is -1.63. The van der Waals surface area contributed by atoms with Gasteiger partial charge in [-0.3, -0.25) is 19.4 Å². The van der Waals surface area contributed by atoms with Gasteiger partial charge in [0, 0.05) is 38.3 Å². The summed E-state index contributed by atoms with van der Waals surface area (Å²) in [5.41, 5.74) is 0.641. The maximum atomic E-state index is 13.1. The molecule has 7 heteroatoms. The maximum absolute atomic E-state index is 13.1. The number of likely N-dealkylation sites (tertiary alicyclic amines) is 1. The van der Waals surface area contributed by atoms with Crippen molar-refractivity contribution in [2.24, 2.45) is 0 Å². The third kappa shape index (κ3) is 5.50. The van der Waals surface area contributed by atoms with Crippen molar-refractivity contribution in [3.63, 3.8) is 0 Å². The second-order valence-electron chi connectivity index (χ2n) is 8.39. The van der Waals surface area contributed by atoms with Crippen LogP contribution < -0.4 is 5.32 Å². The second-order valence-corrected chi connectivity index (χ2v) is 8.80. The lowest BCUT2D eigenvalue weighted by atomic mass is 9.96. The van der Waals surface area contributed by atoms with Crippen LogP contribution >= 0.6 is 11.6 Å². The highest BCUT2D eigenvalue weighted by Gasteiger charge is 2.35.